The number of nitriles is 1. The molecule has 1 aromatic heterocycles. The number of hydrogen-bond donors (Lipinski definition) is 0. The van der Waals surface area contributed by atoms with Gasteiger partial charge in [-0.1, -0.05) is 0 Å². The van der Waals surface area contributed by atoms with Gasteiger partial charge in [0, 0.05) is 23.7 Å². The Kier molecular flexibility index (Phi) is 3.88. The molecule has 0 saturated heterocycles. The molecule has 1 heterocycles. The van der Waals surface area contributed by atoms with Crippen molar-refractivity contribution in [2.45, 2.75) is 0 Å². The first-order valence-electron chi connectivity index (χ1n) is 6.20. The summed E-state index contributed by atoms with van der Waals surface area (Å²) in [4.78, 5) is 0. The first kappa shape index (κ1) is 15.2. The quantitative estimate of drug-likeness (QED) is 0.623. The van der Waals surface area contributed by atoms with Gasteiger partial charge in [0.2, 0.25) is 0 Å². The first-order valence-corrected chi connectivity index (χ1v) is 6.88. The molecule has 8 heteroatoms. The van der Waals surface area contributed by atoms with Crippen LogP contribution in [0.15, 0.2) is 36.5 Å². The number of aromatic nitrogens is 1. The molecule has 116 valence electrons. The predicted molar refractivity (Wildman–Crippen MR) is 77.1 cm³/mol. The van der Waals surface area contributed by atoms with Crippen molar-refractivity contribution in [3.8, 4) is 17.6 Å². The van der Waals surface area contributed by atoms with Crippen LogP contribution in [-0.2, 0) is 0 Å². The molecule has 3 rings (SSSR count). The molecule has 0 radical (unpaired) electrons. The Labute approximate surface area is 132 Å². The van der Waals surface area contributed by atoms with Gasteiger partial charge in [-0.15, -0.1) is 3.89 Å². The first-order chi connectivity index (χ1) is 11.0. The van der Waals surface area contributed by atoms with Crippen LogP contribution in [0.4, 0.5) is 17.1 Å². The van der Waals surface area contributed by atoms with Gasteiger partial charge in [0.15, 0.2) is 29.7 Å². The molecule has 0 unspecified atom stereocenters. The minimum atomic E-state index is -1.05. The van der Waals surface area contributed by atoms with Gasteiger partial charge < -0.3 is 4.74 Å². The maximum absolute atomic E-state index is 14.4. The molecule has 0 aliphatic carbocycles. The summed E-state index contributed by atoms with van der Waals surface area (Å²) in [5, 5.41) is 8.72. The van der Waals surface area contributed by atoms with E-state index in [9.17, 15) is 17.1 Å². The maximum Gasteiger partial charge on any atom is 0.199 e. The number of ether oxygens (including phenoxy) is 1. The molecule has 0 bridgehead atoms. The van der Waals surface area contributed by atoms with Crippen molar-refractivity contribution in [3.63, 3.8) is 0 Å². The van der Waals surface area contributed by atoms with E-state index in [0.717, 1.165) is 28.2 Å². The molecule has 0 spiro atoms. The molecule has 3 nitrogen and oxygen atoms in total. The summed E-state index contributed by atoms with van der Waals surface area (Å²) in [5.74, 6) is -3.65. The van der Waals surface area contributed by atoms with Crippen LogP contribution in [0.2, 0.25) is 0 Å². The van der Waals surface area contributed by atoms with Gasteiger partial charge in [-0.25, -0.2) is 13.2 Å². The van der Waals surface area contributed by atoms with E-state index in [1.807, 2.05) is 0 Å². The average Bonchev–Trinajstić information content (AvgIpc) is 2.95. The van der Waals surface area contributed by atoms with E-state index in [1.54, 1.807) is 6.07 Å². The third kappa shape index (κ3) is 2.59. The van der Waals surface area contributed by atoms with E-state index in [0.29, 0.717) is 0 Å². The largest absolute Gasteiger partial charge is 0.451 e. The van der Waals surface area contributed by atoms with E-state index in [1.165, 1.54) is 12.3 Å². The Bertz CT molecular complexity index is 949. The lowest BCUT2D eigenvalue weighted by Gasteiger charge is -2.09. The van der Waals surface area contributed by atoms with Gasteiger partial charge in [-0.05, 0) is 18.2 Å². The van der Waals surface area contributed by atoms with E-state index in [2.05, 4.69) is 0 Å². The highest BCUT2D eigenvalue weighted by Gasteiger charge is 2.19. The third-order valence-corrected chi connectivity index (χ3v) is 3.63. The Morgan fingerprint density at radius 3 is 2.57 bits per heavy atom. The summed E-state index contributed by atoms with van der Waals surface area (Å²) in [5.41, 5.74) is -0.305. The summed E-state index contributed by atoms with van der Waals surface area (Å²) in [6.07, 6.45) is 1.24. The fraction of sp³-hybridized carbons (Fsp3) is 0. The molecule has 0 atom stereocenters. The van der Waals surface area contributed by atoms with Gasteiger partial charge >= 0.3 is 0 Å². The van der Waals surface area contributed by atoms with E-state index in [-0.39, 0.29) is 34.5 Å². The Balaban J connectivity index is 2.09. The zero-order chi connectivity index (χ0) is 16.6. The van der Waals surface area contributed by atoms with Crippen molar-refractivity contribution in [2.24, 2.45) is 0 Å². The molecule has 0 fully saturated rings. The smallest absolute Gasteiger partial charge is 0.199 e. The maximum atomic E-state index is 14.4. The molecule has 0 aliphatic rings. The number of nitrogens with zero attached hydrogens (tertiary/aromatic N) is 2. The van der Waals surface area contributed by atoms with Crippen LogP contribution in [0.25, 0.3) is 10.9 Å². The van der Waals surface area contributed by atoms with Crippen LogP contribution in [0.5, 0.6) is 11.5 Å². The topological polar surface area (TPSA) is 37.9 Å². The molecule has 0 aliphatic heterocycles. The average molecular weight is 338 g/mol. The van der Waals surface area contributed by atoms with Crippen LogP contribution in [0.3, 0.4) is 0 Å². The summed E-state index contributed by atoms with van der Waals surface area (Å²) < 4.78 is 60.4. The van der Waals surface area contributed by atoms with Gasteiger partial charge in [-0.3, -0.25) is 3.97 Å². The molecule has 23 heavy (non-hydrogen) atoms. The normalized spacial score (nSPS) is 10.7. The lowest BCUT2D eigenvalue weighted by atomic mass is 10.2. The van der Waals surface area contributed by atoms with Crippen LogP contribution in [0.1, 0.15) is 5.56 Å². The second-order valence-electron chi connectivity index (χ2n) is 4.50. The van der Waals surface area contributed by atoms with Crippen molar-refractivity contribution in [2.75, 3.05) is 0 Å². The number of hydrogen-bond acceptors (Lipinski definition) is 3. The number of rotatable bonds is 3. The Morgan fingerprint density at radius 1 is 1.09 bits per heavy atom. The number of benzene rings is 2. The van der Waals surface area contributed by atoms with Crippen molar-refractivity contribution in [1.29, 1.82) is 5.26 Å². The SMILES string of the molecule is N#Cc1cc(Oc2c(F)cc3c(ccn3SF)c2F)ccc1F. The van der Waals surface area contributed by atoms with E-state index < -0.39 is 23.2 Å². The molecule has 2 aromatic carbocycles. The minimum absolute atomic E-state index is 0.0108. The molecule has 0 saturated carbocycles. The summed E-state index contributed by atoms with van der Waals surface area (Å²) in [7, 11) is 0. The summed E-state index contributed by atoms with van der Waals surface area (Å²) in [6.45, 7) is 0. The summed E-state index contributed by atoms with van der Waals surface area (Å²) >= 11 is -0.196. The van der Waals surface area contributed by atoms with Gasteiger partial charge in [0.05, 0.1) is 11.1 Å². The highest BCUT2D eigenvalue weighted by Crippen LogP contribution is 2.35. The highest BCUT2D eigenvalue weighted by atomic mass is 32.2. The highest BCUT2D eigenvalue weighted by molar-refractivity contribution is 7.92. The number of fused-ring (bicyclic) bond motifs is 1. The lowest BCUT2D eigenvalue weighted by Crippen LogP contribution is -1.95. The second kappa shape index (κ2) is 5.85. The monoisotopic (exact) mass is 338 g/mol. The molecular weight excluding hydrogens is 332 g/mol. The predicted octanol–water partition coefficient (Wildman–Crippen LogP) is 5.10. The number of halogens is 4. The molecule has 3 aromatic rings. The van der Waals surface area contributed by atoms with Gasteiger partial charge in [-0.2, -0.15) is 5.26 Å². The Hall–Kier alpha value is -2.66. The third-order valence-electron chi connectivity index (χ3n) is 3.16. The molecular formula is C15H6F4N2OS. The fourth-order valence-corrected chi connectivity index (χ4v) is 2.42. The lowest BCUT2D eigenvalue weighted by molar-refractivity contribution is 0.410. The minimum Gasteiger partial charge on any atom is -0.451 e. The molecule has 0 amide bonds. The van der Waals surface area contributed by atoms with Crippen LogP contribution < -0.4 is 4.74 Å². The fourth-order valence-electron chi connectivity index (χ4n) is 2.09. The van der Waals surface area contributed by atoms with Crippen molar-refractivity contribution in [3.05, 3.63) is 59.5 Å². The Morgan fingerprint density at radius 2 is 1.87 bits per heavy atom. The van der Waals surface area contributed by atoms with Crippen molar-refractivity contribution in [1.82, 2.24) is 3.97 Å². The van der Waals surface area contributed by atoms with Crippen molar-refractivity contribution >= 4 is 23.2 Å². The van der Waals surface area contributed by atoms with E-state index >= 15 is 0 Å². The second-order valence-corrected chi connectivity index (χ2v) is 5.03. The van der Waals surface area contributed by atoms with Crippen molar-refractivity contribution < 1.29 is 21.8 Å². The standard InChI is InChI=1S/C15H6F4N2OS/c16-11-2-1-9(5-8(11)7-20)22-15-12(17)6-13-10(14(15)18)3-4-21(13)23-19/h1-6H. The zero-order valence-electron chi connectivity index (χ0n) is 11.2. The van der Waals surface area contributed by atoms with E-state index in [4.69, 9.17) is 10.00 Å². The van der Waals surface area contributed by atoms with Gasteiger partial charge in [0.1, 0.15) is 17.6 Å². The van der Waals surface area contributed by atoms with Crippen LogP contribution in [-0.4, -0.2) is 3.97 Å². The summed E-state index contributed by atoms with van der Waals surface area (Å²) in [6, 6.07) is 6.93. The molecule has 0 N–H and O–H groups in total. The van der Waals surface area contributed by atoms with Crippen LogP contribution >= 0.6 is 12.3 Å². The zero-order valence-corrected chi connectivity index (χ0v) is 12.0. The van der Waals surface area contributed by atoms with Crippen LogP contribution in [0, 0.1) is 28.8 Å². The van der Waals surface area contributed by atoms with Gasteiger partial charge in [0.25, 0.3) is 0 Å².